The summed E-state index contributed by atoms with van der Waals surface area (Å²) in [4.78, 5) is 21.0. The van der Waals surface area contributed by atoms with Gasteiger partial charge in [0.2, 0.25) is 5.90 Å². The molecule has 10 heteroatoms. The molecule has 142 valence electrons. The van der Waals surface area contributed by atoms with Crippen LogP contribution in [0.25, 0.3) is 0 Å². The number of hydrogen-bond acceptors (Lipinski definition) is 9. The number of fused-ring (bicyclic) bond motifs is 1. The standard InChI is InChI=1S/C17H21N7O2S/c1-2-27-17(19)22-11-3-5-12(6-4-11)25-9-10-26-15-13-14(21-8-7-20-13)23-16(18)24-15/h3-8,13,16H,2,9-10,18H2,1H3,(H2,19,22). The fourth-order valence-corrected chi connectivity index (χ4v) is 2.83. The van der Waals surface area contributed by atoms with Crippen molar-refractivity contribution >= 4 is 46.8 Å². The topological polar surface area (TPSA) is 132 Å². The number of thioether (sulfide) groups is 1. The summed E-state index contributed by atoms with van der Waals surface area (Å²) in [7, 11) is 0. The second kappa shape index (κ2) is 9.28. The minimum atomic E-state index is -0.718. The van der Waals surface area contributed by atoms with Crippen LogP contribution >= 0.6 is 11.8 Å². The first kappa shape index (κ1) is 19.1. The minimum Gasteiger partial charge on any atom is -0.490 e. The van der Waals surface area contributed by atoms with E-state index in [4.69, 9.17) is 20.9 Å². The van der Waals surface area contributed by atoms with Crippen LogP contribution < -0.4 is 16.2 Å². The van der Waals surface area contributed by atoms with Crippen LogP contribution in [-0.4, -0.2) is 60.6 Å². The van der Waals surface area contributed by atoms with Crippen LogP contribution in [0.1, 0.15) is 6.92 Å². The highest BCUT2D eigenvalue weighted by molar-refractivity contribution is 8.13. The predicted octanol–water partition coefficient (Wildman–Crippen LogP) is 1.36. The van der Waals surface area contributed by atoms with E-state index in [0.717, 1.165) is 11.4 Å². The zero-order valence-electron chi connectivity index (χ0n) is 14.9. The highest BCUT2D eigenvalue weighted by Gasteiger charge is 2.29. The molecule has 3 rings (SSSR count). The van der Waals surface area contributed by atoms with Crippen molar-refractivity contribution in [2.75, 3.05) is 19.0 Å². The lowest BCUT2D eigenvalue weighted by molar-refractivity contribution is 0.203. The Morgan fingerprint density at radius 1 is 1.15 bits per heavy atom. The Kier molecular flexibility index (Phi) is 6.55. The van der Waals surface area contributed by atoms with Crippen molar-refractivity contribution in [3.63, 3.8) is 0 Å². The molecule has 1 aromatic carbocycles. The molecule has 0 fully saturated rings. The smallest absolute Gasteiger partial charge is 0.220 e. The maximum Gasteiger partial charge on any atom is 0.220 e. The van der Waals surface area contributed by atoms with Crippen molar-refractivity contribution in [3.8, 4) is 5.75 Å². The first-order valence-corrected chi connectivity index (χ1v) is 9.43. The largest absolute Gasteiger partial charge is 0.490 e. The molecule has 0 spiro atoms. The van der Waals surface area contributed by atoms with Gasteiger partial charge < -0.3 is 15.2 Å². The van der Waals surface area contributed by atoms with Crippen LogP contribution in [0.15, 0.2) is 49.2 Å². The third kappa shape index (κ3) is 5.38. The zero-order chi connectivity index (χ0) is 19.1. The van der Waals surface area contributed by atoms with Crippen LogP contribution in [0.3, 0.4) is 0 Å². The Morgan fingerprint density at radius 3 is 2.70 bits per heavy atom. The zero-order valence-corrected chi connectivity index (χ0v) is 15.7. The molecule has 9 nitrogen and oxygen atoms in total. The van der Waals surface area contributed by atoms with E-state index in [1.54, 1.807) is 12.4 Å². The number of benzene rings is 1. The molecule has 2 heterocycles. The monoisotopic (exact) mass is 387 g/mol. The second-order valence-electron chi connectivity index (χ2n) is 5.42. The van der Waals surface area contributed by atoms with Gasteiger partial charge in [-0.05, 0) is 30.0 Å². The van der Waals surface area contributed by atoms with Crippen molar-refractivity contribution < 1.29 is 9.47 Å². The summed E-state index contributed by atoms with van der Waals surface area (Å²) in [6.45, 7) is 2.67. The third-order valence-corrected chi connectivity index (χ3v) is 4.16. The average Bonchev–Trinajstić information content (AvgIpc) is 2.66. The molecule has 4 N–H and O–H groups in total. The van der Waals surface area contributed by atoms with Crippen LogP contribution in [-0.2, 0) is 4.74 Å². The Hall–Kier alpha value is -2.72. The van der Waals surface area contributed by atoms with E-state index in [0.29, 0.717) is 35.9 Å². The highest BCUT2D eigenvalue weighted by atomic mass is 32.2. The third-order valence-electron chi connectivity index (χ3n) is 3.48. The fraction of sp³-hybridized carbons (Fsp3) is 0.353. The van der Waals surface area contributed by atoms with Gasteiger partial charge >= 0.3 is 0 Å². The lowest BCUT2D eigenvalue weighted by Gasteiger charge is -2.22. The molecule has 0 aromatic heterocycles. The molecule has 2 aliphatic heterocycles. The van der Waals surface area contributed by atoms with Gasteiger partial charge in [0.25, 0.3) is 0 Å². The number of amidine groups is 2. The number of aliphatic imine (C=N–C) groups is 5. The lowest BCUT2D eigenvalue weighted by Crippen LogP contribution is -2.39. The Morgan fingerprint density at radius 2 is 1.93 bits per heavy atom. The quantitative estimate of drug-likeness (QED) is 0.432. The number of rotatable bonds is 6. The first-order valence-electron chi connectivity index (χ1n) is 8.45. The van der Waals surface area contributed by atoms with E-state index in [2.05, 4.69) is 25.0 Å². The van der Waals surface area contributed by atoms with Gasteiger partial charge in [-0.15, -0.1) is 0 Å². The molecule has 1 aromatic rings. The van der Waals surface area contributed by atoms with Crippen molar-refractivity contribution in [2.45, 2.75) is 19.3 Å². The summed E-state index contributed by atoms with van der Waals surface area (Å²) in [6, 6.07) is 6.93. The number of ether oxygens (including phenoxy) is 2. The summed E-state index contributed by atoms with van der Waals surface area (Å²) in [5.74, 6) is 2.51. The SMILES string of the molecule is CCSC(N)=Nc1ccc(OCCOC2=NC(N)N=C3N=CC=NC32)cc1. The average molecular weight is 387 g/mol. The fourth-order valence-electron chi connectivity index (χ4n) is 2.36. The van der Waals surface area contributed by atoms with Crippen LogP contribution in [0, 0.1) is 0 Å². The maximum absolute atomic E-state index is 5.80. The number of hydrogen-bond donors (Lipinski definition) is 2. The summed E-state index contributed by atoms with van der Waals surface area (Å²) >= 11 is 1.50. The molecular formula is C17H21N7O2S. The normalized spacial score (nSPS) is 21.3. The van der Waals surface area contributed by atoms with Crippen molar-refractivity contribution in [1.29, 1.82) is 0 Å². The van der Waals surface area contributed by atoms with E-state index >= 15 is 0 Å². The van der Waals surface area contributed by atoms with Gasteiger partial charge in [-0.1, -0.05) is 18.7 Å². The molecule has 0 bridgehead atoms. The molecule has 2 atom stereocenters. The summed E-state index contributed by atoms with van der Waals surface area (Å²) in [6.07, 6.45) is 2.44. The van der Waals surface area contributed by atoms with Crippen molar-refractivity contribution in [2.24, 2.45) is 36.4 Å². The molecule has 0 aliphatic carbocycles. The maximum atomic E-state index is 5.80. The first-order chi connectivity index (χ1) is 13.2. The number of nitrogens with zero attached hydrogens (tertiary/aromatic N) is 5. The molecule has 0 amide bonds. The number of nitrogens with two attached hydrogens (primary N) is 2. The van der Waals surface area contributed by atoms with Crippen LogP contribution in [0.5, 0.6) is 5.75 Å². The van der Waals surface area contributed by atoms with Gasteiger partial charge in [0.1, 0.15) is 19.0 Å². The van der Waals surface area contributed by atoms with Gasteiger partial charge in [-0.25, -0.2) is 20.0 Å². The van der Waals surface area contributed by atoms with Gasteiger partial charge in [0, 0.05) is 12.4 Å². The van der Waals surface area contributed by atoms with Gasteiger partial charge in [0.05, 0.1) is 5.69 Å². The Labute approximate surface area is 161 Å². The molecule has 2 aliphatic rings. The van der Waals surface area contributed by atoms with Crippen molar-refractivity contribution in [1.82, 2.24) is 0 Å². The van der Waals surface area contributed by atoms with Gasteiger partial charge in [-0.3, -0.25) is 10.7 Å². The summed E-state index contributed by atoms with van der Waals surface area (Å²) < 4.78 is 11.4. The van der Waals surface area contributed by atoms with Crippen molar-refractivity contribution in [3.05, 3.63) is 24.3 Å². The minimum absolute atomic E-state index is 0.300. The van der Waals surface area contributed by atoms with Gasteiger partial charge in [0.15, 0.2) is 23.3 Å². The van der Waals surface area contributed by atoms with Crippen LogP contribution in [0.2, 0.25) is 0 Å². The predicted molar refractivity (Wildman–Crippen MR) is 111 cm³/mol. The Bertz CT molecular complexity index is 802. The molecule has 0 radical (unpaired) electrons. The van der Waals surface area contributed by atoms with E-state index in [-0.39, 0.29) is 0 Å². The highest BCUT2D eigenvalue weighted by Crippen LogP contribution is 2.19. The van der Waals surface area contributed by atoms with E-state index < -0.39 is 12.3 Å². The lowest BCUT2D eigenvalue weighted by atomic mass is 10.2. The van der Waals surface area contributed by atoms with E-state index in [1.807, 2.05) is 31.2 Å². The molecular weight excluding hydrogens is 366 g/mol. The van der Waals surface area contributed by atoms with Crippen LogP contribution in [0.4, 0.5) is 5.69 Å². The molecule has 2 unspecified atom stereocenters. The van der Waals surface area contributed by atoms with E-state index in [9.17, 15) is 0 Å². The summed E-state index contributed by atoms with van der Waals surface area (Å²) in [5.41, 5.74) is 12.3. The summed E-state index contributed by atoms with van der Waals surface area (Å²) in [5, 5.41) is 0.545. The molecule has 27 heavy (non-hydrogen) atoms. The van der Waals surface area contributed by atoms with Gasteiger partial charge in [-0.2, -0.15) is 0 Å². The molecule has 0 saturated heterocycles. The van der Waals surface area contributed by atoms with E-state index in [1.165, 1.54) is 11.8 Å². The molecule has 0 saturated carbocycles. The Balaban J connectivity index is 1.47. The second-order valence-corrected chi connectivity index (χ2v) is 6.71.